The van der Waals surface area contributed by atoms with E-state index in [1.165, 1.54) is 0 Å². The van der Waals surface area contributed by atoms with E-state index in [0.717, 1.165) is 75.5 Å². The lowest BCUT2D eigenvalue weighted by molar-refractivity contribution is 0.0398. The molecule has 0 radical (unpaired) electrons. The van der Waals surface area contributed by atoms with Crippen LogP contribution in [-0.4, -0.2) is 86.3 Å². The van der Waals surface area contributed by atoms with Gasteiger partial charge in [0.25, 0.3) is 0 Å². The molecule has 2 aromatic rings. The molecule has 27 heavy (non-hydrogen) atoms. The van der Waals surface area contributed by atoms with Gasteiger partial charge in [-0.15, -0.1) is 0 Å². The van der Waals surface area contributed by atoms with Crippen LogP contribution >= 0.6 is 0 Å². The average Bonchev–Trinajstić information content (AvgIpc) is 2.69. The van der Waals surface area contributed by atoms with Gasteiger partial charge in [-0.2, -0.15) is 0 Å². The summed E-state index contributed by atoms with van der Waals surface area (Å²) in [5, 5.41) is 6.86. The molecule has 3 rings (SSSR count). The summed E-state index contributed by atoms with van der Waals surface area (Å²) in [7, 11) is 4.13. The number of nitrogens with zero attached hydrogens (tertiary/aromatic N) is 4. The van der Waals surface area contributed by atoms with Crippen LogP contribution in [0.1, 0.15) is 0 Å². The number of hydrogen-bond acceptors (Lipinski definition) is 7. The highest BCUT2D eigenvalue weighted by molar-refractivity contribution is 5.61. The van der Waals surface area contributed by atoms with E-state index in [9.17, 15) is 0 Å². The lowest BCUT2D eigenvalue weighted by Gasteiger charge is -2.26. The second-order valence-electron chi connectivity index (χ2n) is 6.94. The fourth-order valence-electron chi connectivity index (χ4n) is 2.92. The standard InChI is InChI=1S/C20H30N6O/c1-25(2)10-8-21-18-16-19(22-9-11-26-12-14-27-15-13-26)24-20(23-18)17-6-4-3-5-7-17/h3-7,16H,8-15H2,1-2H3,(H2,21,22,23,24). The molecule has 2 N–H and O–H groups in total. The van der Waals surface area contributed by atoms with Gasteiger partial charge in [0, 0.05) is 50.9 Å². The third-order valence-corrected chi connectivity index (χ3v) is 4.46. The first-order valence-corrected chi connectivity index (χ1v) is 9.58. The predicted octanol–water partition coefficient (Wildman–Crippen LogP) is 1.86. The van der Waals surface area contributed by atoms with Crippen molar-refractivity contribution in [2.75, 3.05) is 77.2 Å². The highest BCUT2D eigenvalue weighted by Crippen LogP contribution is 2.20. The lowest BCUT2D eigenvalue weighted by atomic mass is 10.2. The Morgan fingerprint density at radius 1 is 1.00 bits per heavy atom. The zero-order valence-corrected chi connectivity index (χ0v) is 16.3. The van der Waals surface area contributed by atoms with Crippen LogP contribution in [0.3, 0.4) is 0 Å². The molecule has 1 aliphatic rings. The SMILES string of the molecule is CN(C)CCNc1cc(NCCN2CCOCC2)nc(-c2ccccc2)n1. The van der Waals surface area contributed by atoms with Crippen molar-refractivity contribution >= 4 is 11.6 Å². The number of likely N-dealkylation sites (N-methyl/N-ethyl adjacent to an activating group) is 1. The maximum atomic E-state index is 5.40. The molecule has 146 valence electrons. The Labute approximate surface area is 161 Å². The number of ether oxygens (including phenoxy) is 1. The molecule has 0 atom stereocenters. The third-order valence-electron chi connectivity index (χ3n) is 4.46. The Balaban J connectivity index is 1.66. The molecule has 1 aromatic carbocycles. The average molecular weight is 371 g/mol. The topological polar surface area (TPSA) is 65.5 Å². The van der Waals surface area contributed by atoms with E-state index in [0.29, 0.717) is 0 Å². The molecule has 0 spiro atoms. The number of benzene rings is 1. The Hall–Kier alpha value is -2.22. The summed E-state index contributed by atoms with van der Waals surface area (Å²) < 4.78 is 5.40. The van der Waals surface area contributed by atoms with Gasteiger partial charge in [0.1, 0.15) is 11.6 Å². The van der Waals surface area contributed by atoms with Crippen LogP contribution in [-0.2, 0) is 4.74 Å². The second kappa shape index (κ2) is 10.2. The van der Waals surface area contributed by atoms with Crippen molar-refractivity contribution in [3.8, 4) is 11.4 Å². The molecule has 0 bridgehead atoms. The Morgan fingerprint density at radius 3 is 2.33 bits per heavy atom. The highest BCUT2D eigenvalue weighted by atomic mass is 16.5. The summed E-state index contributed by atoms with van der Waals surface area (Å²) in [6, 6.07) is 12.1. The monoisotopic (exact) mass is 370 g/mol. The van der Waals surface area contributed by atoms with Crippen LogP contribution in [0.15, 0.2) is 36.4 Å². The maximum Gasteiger partial charge on any atom is 0.163 e. The quantitative estimate of drug-likeness (QED) is 0.698. The molecule has 0 amide bonds. The number of aromatic nitrogens is 2. The summed E-state index contributed by atoms with van der Waals surface area (Å²) in [6.07, 6.45) is 0. The van der Waals surface area contributed by atoms with E-state index in [1.54, 1.807) is 0 Å². The zero-order chi connectivity index (χ0) is 18.9. The third kappa shape index (κ3) is 6.46. The van der Waals surface area contributed by atoms with E-state index in [4.69, 9.17) is 14.7 Å². The summed E-state index contributed by atoms with van der Waals surface area (Å²) >= 11 is 0. The van der Waals surface area contributed by atoms with Gasteiger partial charge in [-0.05, 0) is 14.1 Å². The van der Waals surface area contributed by atoms with Crippen molar-refractivity contribution in [3.05, 3.63) is 36.4 Å². The van der Waals surface area contributed by atoms with Gasteiger partial charge in [0.05, 0.1) is 13.2 Å². The van der Waals surface area contributed by atoms with E-state index in [-0.39, 0.29) is 0 Å². The fourth-order valence-corrected chi connectivity index (χ4v) is 2.92. The van der Waals surface area contributed by atoms with Crippen molar-refractivity contribution in [2.24, 2.45) is 0 Å². The lowest BCUT2D eigenvalue weighted by Crippen LogP contribution is -2.39. The molecule has 1 saturated heterocycles. The molecule has 7 heteroatoms. The molecular formula is C20H30N6O. The molecule has 7 nitrogen and oxygen atoms in total. The minimum Gasteiger partial charge on any atom is -0.379 e. The summed E-state index contributed by atoms with van der Waals surface area (Å²) in [5.74, 6) is 2.43. The van der Waals surface area contributed by atoms with Crippen LogP contribution in [0.2, 0.25) is 0 Å². The Kier molecular flexibility index (Phi) is 7.38. The van der Waals surface area contributed by atoms with Gasteiger partial charge in [0.2, 0.25) is 0 Å². The zero-order valence-electron chi connectivity index (χ0n) is 16.3. The molecule has 1 aromatic heterocycles. The van der Waals surface area contributed by atoms with Crippen LogP contribution in [0.4, 0.5) is 11.6 Å². The van der Waals surface area contributed by atoms with Gasteiger partial charge >= 0.3 is 0 Å². The Bertz CT molecular complexity index is 688. The van der Waals surface area contributed by atoms with E-state index in [2.05, 4.69) is 34.5 Å². The summed E-state index contributed by atoms with van der Waals surface area (Å²) in [6.45, 7) is 7.27. The molecule has 1 fully saturated rings. The molecule has 1 aliphatic heterocycles. The van der Waals surface area contributed by atoms with Crippen molar-refractivity contribution in [1.82, 2.24) is 19.8 Å². The van der Waals surface area contributed by atoms with Crippen molar-refractivity contribution in [1.29, 1.82) is 0 Å². The van der Waals surface area contributed by atoms with Gasteiger partial charge in [-0.1, -0.05) is 30.3 Å². The largest absolute Gasteiger partial charge is 0.379 e. The second-order valence-corrected chi connectivity index (χ2v) is 6.94. The number of morpholine rings is 1. The first-order valence-electron chi connectivity index (χ1n) is 9.58. The number of hydrogen-bond donors (Lipinski definition) is 2. The molecular weight excluding hydrogens is 340 g/mol. The Morgan fingerprint density at radius 2 is 1.67 bits per heavy atom. The molecule has 0 saturated carbocycles. The molecule has 0 aliphatic carbocycles. The van der Waals surface area contributed by atoms with Crippen LogP contribution in [0, 0.1) is 0 Å². The summed E-state index contributed by atoms with van der Waals surface area (Å²) in [5.41, 5.74) is 1.02. The number of anilines is 2. The van der Waals surface area contributed by atoms with Crippen molar-refractivity contribution < 1.29 is 4.74 Å². The molecule has 2 heterocycles. The van der Waals surface area contributed by atoms with Crippen LogP contribution in [0.5, 0.6) is 0 Å². The normalized spacial score (nSPS) is 15.1. The first-order chi connectivity index (χ1) is 13.2. The first kappa shape index (κ1) is 19.5. The summed E-state index contributed by atoms with van der Waals surface area (Å²) in [4.78, 5) is 14.0. The van der Waals surface area contributed by atoms with E-state index in [1.807, 2.05) is 36.4 Å². The molecule has 0 unspecified atom stereocenters. The minimum absolute atomic E-state index is 0.735. The van der Waals surface area contributed by atoms with E-state index >= 15 is 0 Å². The van der Waals surface area contributed by atoms with Gasteiger partial charge in [0.15, 0.2) is 5.82 Å². The van der Waals surface area contributed by atoms with Gasteiger partial charge in [-0.25, -0.2) is 9.97 Å². The van der Waals surface area contributed by atoms with Gasteiger partial charge < -0.3 is 20.3 Å². The smallest absolute Gasteiger partial charge is 0.163 e. The fraction of sp³-hybridized carbons (Fsp3) is 0.500. The van der Waals surface area contributed by atoms with E-state index < -0.39 is 0 Å². The number of nitrogens with one attached hydrogen (secondary N) is 2. The van der Waals surface area contributed by atoms with Gasteiger partial charge in [-0.3, -0.25) is 4.90 Å². The highest BCUT2D eigenvalue weighted by Gasteiger charge is 2.11. The van der Waals surface area contributed by atoms with Crippen LogP contribution in [0.25, 0.3) is 11.4 Å². The van der Waals surface area contributed by atoms with Crippen LogP contribution < -0.4 is 10.6 Å². The number of rotatable bonds is 9. The maximum absolute atomic E-state index is 5.40. The predicted molar refractivity (Wildman–Crippen MR) is 110 cm³/mol. The van der Waals surface area contributed by atoms with Crippen molar-refractivity contribution in [3.63, 3.8) is 0 Å². The minimum atomic E-state index is 0.735. The van der Waals surface area contributed by atoms with Crippen molar-refractivity contribution in [2.45, 2.75) is 0 Å².